The molecule has 0 saturated heterocycles. The van der Waals surface area contributed by atoms with E-state index in [1.165, 1.54) is 5.56 Å². The van der Waals surface area contributed by atoms with E-state index in [0.717, 1.165) is 42.0 Å². The van der Waals surface area contributed by atoms with Crippen LogP contribution in [0.3, 0.4) is 0 Å². The first kappa shape index (κ1) is 17.2. The minimum Gasteiger partial charge on any atom is -0.385 e. The third-order valence-electron chi connectivity index (χ3n) is 4.09. The second kappa shape index (κ2) is 7.97. The number of anilines is 1. The van der Waals surface area contributed by atoms with Crippen LogP contribution >= 0.6 is 0 Å². The lowest BCUT2D eigenvalue weighted by Crippen LogP contribution is -2.07. The summed E-state index contributed by atoms with van der Waals surface area (Å²) in [7, 11) is 0. The molecule has 1 aromatic carbocycles. The summed E-state index contributed by atoms with van der Waals surface area (Å²) < 4.78 is 1.92. The van der Waals surface area contributed by atoms with Gasteiger partial charge in [-0.1, -0.05) is 39.3 Å². The van der Waals surface area contributed by atoms with Crippen LogP contribution in [0.25, 0.3) is 16.8 Å². The molecule has 0 radical (unpaired) electrons. The van der Waals surface area contributed by atoms with Crippen LogP contribution in [0.15, 0.2) is 55.0 Å². The summed E-state index contributed by atoms with van der Waals surface area (Å²) in [4.78, 5) is 4.41. The van der Waals surface area contributed by atoms with Crippen LogP contribution in [0.5, 0.6) is 0 Å². The van der Waals surface area contributed by atoms with E-state index in [1.807, 2.05) is 23.1 Å². The zero-order valence-electron chi connectivity index (χ0n) is 15.2. The maximum absolute atomic E-state index is 4.52. The lowest BCUT2D eigenvalue weighted by molar-refractivity contribution is 0.689. The summed E-state index contributed by atoms with van der Waals surface area (Å²) in [6.45, 7) is 7.57. The van der Waals surface area contributed by atoms with Crippen molar-refractivity contribution in [2.75, 3.05) is 11.9 Å². The predicted octanol–water partition coefficient (Wildman–Crippen LogP) is 4.95. The summed E-state index contributed by atoms with van der Waals surface area (Å²) in [5.41, 5.74) is 5.61. The van der Waals surface area contributed by atoms with E-state index in [2.05, 4.69) is 72.7 Å². The number of benzene rings is 1. The molecule has 0 aliphatic rings. The van der Waals surface area contributed by atoms with Crippen LogP contribution in [0.1, 0.15) is 32.9 Å². The molecule has 0 atom stereocenters. The van der Waals surface area contributed by atoms with Crippen LogP contribution in [-0.2, 0) is 6.42 Å². The molecule has 0 spiro atoms. The van der Waals surface area contributed by atoms with Gasteiger partial charge >= 0.3 is 0 Å². The summed E-state index contributed by atoms with van der Waals surface area (Å²) >= 11 is 0. The minimum atomic E-state index is 0.635. The third kappa shape index (κ3) is 4.47. The van der Waals surface area contributed by atoms with Gasteiger partial charge in [0.1, 0.15) is 0 Å². The molecule has 0 aliphatic carbocycles. The molecule has 0 bridgehead atoms. The van der Waals surface area contributed by atoms with E-state index in [4.69, 9.17) is 0 Å². The van der Waals surface area contributed by atoms with E-state index < -0.39 is 0 Å². The highest BCUT2D eigenvalue weighted by atomic mass is 15.3. The fourth-order valence-electron chi connectivity index (χ4n) is 2.72. The van der Waals surface area contributed by atoms with E-state index in [-0.39, 0.29) is 0 Å². The second-order valence-electron chi connectivity index (χ2n) is 6.78. The Kier molecular flexibility index (Phi) is 5.49. The second-order valence-corrected chi connectivity index (χ2v) is 6.78. The summed E-state index contributed by atoms with van der Waals surface area (Å²) in [6.07, 6.45) is 7.93. The molecule has 0 unspecified atom stereocenters. The third-order valence-corrected chi connectivity index (χ3v) is 4.09. The van der Waals surface area contributed by atoms with Crippen LogP contribution in [0.2, 0.25) is 0 Å². The number of aromatic nitrogens is 3. The molecule has 0 aliphatic heterocycles. The molecular weight excluding hydrogens is 308 g/mol. The van der Waals surface area contributed by atoms with Crippen molar-refractivity contribution in [3.05, 3.63) is 60.7 Å². The average molecular weight is 334 g/mol. The van der Waals surface area contributed by atoms with Gasteiger partial charge in [0.25, 0.3) is 0 Å². The minimum absolute atomic E-state index is 0.635. The van der Waals surface area contributed by atoms with Crippen molar-refractivity contribution >= 4 is 5.69 Å². The normalized spacial score (nSPS) is 11.0. The van der Waals surface area contributed by atoms with Gasteiger partial charge in [-0.05, 0) is 42.2 Å². The Morgan fingerprint density at radius 3 is 2.60 bits per heavy atom. The number of hydrogen-bond acceptors (Lipinski definition) is 3. The van der Waals surface area contributed by atoms with E-state index >= 15 is 0 Å². The Morgan fingerprint density at radius 2 is 1.88 bits per heavy atom. The molecule has 3 aromatic rings. The number of hydrogen-bond donors (Lipinski definition) is 1. The number of rotatable bonds is 7. The molecule has 0 saturated carbocycles. The predicted molar refractivity (Wildman–Crippen MR) is 104 cm³/mol. The maximum Gasteiger partial charge on any atom is 0.0679 e. The summed E-state index contributed by atoms with van der Waals surface area (Å²) in [6, 6.07) is 12.6. The molecule has 2 heterocycles. The smallest absolute Gasteiger partial charge is 0.0679 e. The van der Waals surface area contributed by atoms with Gasteiger partial charge in [0, 0.05) is 35.9 Å². The first-order chi connectivity index (χ1) is 12.2. The Morgan fingerprint density at radius 1 is 1.08 bits per heavy atom. The largest absolute Gasteiger partial charge is 0.385 e. The van der Waals surface area contributed by atoms with Crippen molar-refractivity contribution in [2.45, 2.75) is 33.6 Å². The first-order valence-electron chi connectivity index (χ1n) is 9.00. The van der Waals surface area contributed by atoms with Gasteiger partial charge in [-0.15, -0.1) is 0 Å². The van der Waals surface area contributed by atoms with E-state index in [0.29, 0.717) is 5.92 Å². The van der Waals surface area contributed by atoms with Crippen molar-refractivity contribution in [3.63, 3.8) is 0 Å². The van der Waals surface area contributed by atoms with Gasteiger partial charge < -0.3 is 5.32 Å². The highest BCUT2D eigenvalue weighted by Gasteiger charge is 2.05. The molecule has 4 heteroatoms. The SMILES string of the molecule is CCCc1cc(-n2cc(-c3ccc(NCC(C)C)cc3)cn2)ccn1. The van der Waals surface area contributed by atoms with Gasteiger partial charge in [-0.25, -0.2) is 4.68 Å². The summed E-state index contributed by atoms with van der Waals surface area (Å²) in [5, 5.41) is 7.96. The zero-order valence-corrected chi connectivity index (χ0v) is 15.2. The standard InChI is InChI=1S/C21H26N4/c1-4-5-20-12-21(10-11-22-20)25-15-18(14-24-25)17-6-8-19(9-7-17)23-13-16(2)3/h6-12,14-16,23H,4-5,13H2,1-3H3. The summed E-state index contributed by atoms with van der Waals surface area (Å²) in [5.74, 6) is 0.635. The Balaban J connectivity index is 1.76. The molecule has 4 nitrogen and oxygen atoms in total. The van der Waals surface area contributed by atoms with Crippen LogP contribution in [0.4, 0.5) is 5.69 Å². The quantitative estimate of drug-likeness (QED) is 0.664. The first-order valence-corrected chi connectivity index (χ1v) is 9.00. The Labute approximate surface area is 149 Å². The molecule has 130 valence electrons. The van der Waals surface area contributed by atoms with E-state index in [9.17, 15) is 0 Å². The maximum atomic E-state index is 4.52. The van der Waals surface area contributed by atoms with Crippen molar-refractivity contribution in [2.24, 2.45) is 5.92 Å². The van der Waals surface area contributed by atoms with Crippen molar-refractivity contribution in [3.8, 4) is 16.8 Å². The van der Waals surface area contributed by atoms with Gasteiger partial charge in [0.05, 0.1) is 11.9 Å². The molecular formula is C21H26N4. The molecule has 0 amide bonds. The van der Waals surface area contributed by atoms with Crippen molar-refractivity contribution in [1.29, 1.82) is 0 Å². The van der Waals surface area contributed by atoms with Crippen molar-refractivity contribution < 1.29 is 0 Å². The Bertz CT molecular complexity index is 803. The number of nitrogens with zero attached hydrogens (tertiary/aromatic N) is 3. The topological polar surface area (TPSA) is 42.7 Å². The molecule has 3 rings (SSSR count). The van der Waals surface area contributed by atoms with Gasteiger partial charge in [0.15, 0.2) is 0 Å². The average Bonchev–Trinajstić information content (AvgIpc) is 3.11. The van der Waals surface area contributed by atoms with E-state index in [1.54, 1.807) is 0 Å². The highest BCUT2D eigenvalue weighted by Crippen LogP contribution is 2.22. The highest BCUT2D eigenvalue weighted by molar-refractivity contribution is 5.65. The monoisotopic (exact) mass is 334 g/mol. The zero-order chi connectivity index (χ0) is 17.6. The Hall–Kier alpha value is -2.62. The van der Waals surface area contributed by atoms with Gasteiger partial charge in [0.2, 0.25) is 0 Å². The van der Waals surface area contributed by atoms with Crippen molar-refractivity contribution in [1.82, 2.24) is 14.8 Å². The molecule has 2 aromatic heterocycles. The number of pyridine rings is 1. The fourth-order valence-corrected chi connectivity index (χ4v) is 2.72. The van der Waals surface area contributed by atoms with Crippen LogP contribution < -0.4 is 5.32 Å². The molecule has 0 fully saturated rings. The lowest BCUT2D eigenvalue weighted by atomic mass is 10.1. The number of aryl methyl sites for hydroxylation is 1. The van der Waals surface area contributed by atoms with Crippen LogP contribution in [0, 0.1) is 5.92 Å². The number of nitrogens with one attached hydrogen (secondary N) is 1. The molecule has 1 N–H and O–H groups in total. The van der Waals surface area contributed by atoms with Gasteiger partial charge in [-0.2, -0.15) is 5.10 Å². The fraction of sp³-hybridized carbons (Fsp3) is 0.333. The lowest BCUT2D eigenvalue weighted by Gasteiger charge is -2.09. The molecule has 25 heavy (non-hydrogen) atoms. The van der Waals surface area contributed by atoms with Gasteiger partial charge in [-0.3, -0.25) is 4.98 Å². The van der Waals surface area contributed by atoms with Crippen LogP contribution in [-0.4, -0.2) is 21.3 Å².